The van der Waals surface area contributed by atoms with Crippen LogP contribution in [0.5, 0.6) is 0 Å². The number of nitrogens with zero attached hydrogens (tertiary/aromatic N) is 2. The molecule has 1 aliphatic carbocycles. The van der Waals surface area contributed by atoms with Gasteiger partial charge in [0.25, 0.3) is 0 Å². The number of carbonyl (C=O) groups excluding carboxylic acids is 1. The molecule has 2 unspecified atom stereocenters. The molecular formula is C11H16N2O2. The van der Waals surface area contributed by atoms with Crippen molar-refractivity contribution in [1.82, 2.24) is 4.90 Å². The van der Waals surface area contributed by atoms with E-state index in [0.717, 1.165) is 13.0 Å². The standard InChI is InChI=1S/C11H16N2O2/c1-15-11(14)13-5-4-9(7-13)10(6-12)8-2-3-8/h8-10H,2-5,7H2,1H3. The van der Waals surface area contributed by atoms with Crippen LogP contribution in [0.4, 0.5) is 4.79 Å². The Morgan fingerprint density at radius 2 is 2.20 bits per heavy atom. The normalized spacial score (nSPS) is 27.2. The van der Waals surface area contributed by atoms with Gasteiger partial charge >= 0.3 is 6.09 Å². The van der Waals surface area contributed by atoms with Crippen molar-refractivity contribution in [3.8, 4) is 6.07 Å². The molecule has 0 N–H and O–H groups in total. The summed E-state index contributed by atoms with van der Waals surface area (Å²) in [6, 6.07) is 2.40. The fraction of sp³-hybridized carbons (Fsp3) is 0.818. The van der Waals surface area contributed by atoms with Gasteiger partial charge in [-0.05, 0) is 31.1 Å². The lowest BCUT2D eigenvalue weighted by Gasteiger charge is -2.17. The van der Waals surface area contributed by atoms with Gasteiger partial charge in [0.15, 0.2) is 0 Å². The molecule has 2 atom stereocenters. The van der Waals surface area contributed by atoms with E-state index in [9.17, 15) is 4.79 Å². The van der Waals surface area contributed by atoms with Gasteiger partial charge in [0.2, 0.25) is 0 Å². The van der Waals surface area contributed by atoms with Gasteiger partial charge < -0.3 is 9.64 Å². The predicted octanol–water partition coefficient (Wildman–Crippen LogP) is 1.62. The van der Waals surface area contributed by atoms with Crippen molar-refractivity contribution in [1.29, 1.82) is 5.26 Å². The number of carbonyl (C=O) groups is 1. The second kappa shape index (κ2) is 4.09. The van der Waals surface area contributed by atoms with Crippen molar-refractivity contribution in [3.63, 3.8) is 0 Å². The highest BCUT2D eigenvalue weighted by atomic mass is 16.5. The molecule has 15 heavy (non-hydrogen) atoms. The van der Waals surface area contributed by atoms with E-state index in [2.05, 4.69) is 10.8 Å². The molecule has 1 heterocycles. The summed E-state index contributed by atoms with van der Waals surface area (Å²) in [5.41, 5.74) is 0. The molecule has 2 aliphatic rings. The zero-order valence-electron chi connectivity index (χ0n) is 8.98. The summed E-state index contributed by atoms with van der Waals surface area (Å²) in [4.78, 5) is 13.0. The van der Waals surface area contributed by atoms with Crippen LogP contribution in [0.1, 0.15) is 19.3 Å². The van der Waals surface area contributed by atoms with Crippen LogP contribution in [0.3, 0.4) is 0 Å². The molecule has 0 aromatic rings. The number of hydrogen-bond donors (Lipinski definition) is 0. The quantitative estimate of drug-likeness (QED) is 0.693. The van der Waals surface area contributed by atoms with Crippen LogP contribution in [0.2, 0.25) is 0 Å². The Labute approximate surface area is 89.8 Å². The molecule has 82 valence electrons. The zero-order chi connectivity index (χ0) is 10.8. The topological polar surface area (TPSA) is 53.3 Å². The van der Waals surface area contributed by atoms with Gasteiger partial charge in [-0.1, -0.05) is 0 Å². The molecule has 0 aromatic carbocycles. The first-order valence-electron chi connectivity index (χ1n) is 5.48. The highest BCUT2D eigenvalue weighted by molar-refractivity contribution is 5.67. The maximum Gasteiger partial charge on any atom is 0.409 e. The number of hydrogen-bond acceptors (Lipinski definition) is 3. The predicted molar refractivity (Wildman–Crippen MR) is 53.9 cm³/mol. The van der Waals surface area contributed by atoms with E-state index in [4.69, 9.17) is 5.26 Å². The minimum absolute atomic E-state index is 0.152. The number of amides is 1. The average molecular weight is 208 g/mol. The van der Waals surface area contributed by atoms with Crippen molar-refractivity contribution in [2.45, 2.75) is 19.3 Å². The van der Waals surface area contributed by atoms with Crippen LogP contribution in [0, 0.1) is 29.1 Å². The number of nitriles is 1. The smallest absolute Gasteiger partial charge is 0.409 e. The Bertz CT molecular complexity index is 293. The monoisotopic (exact) mass is 208 g/mol. The van der Waals surface area contributed by atoms with Crippen LogP contribution < -0.4 is 0 Å². The largest absolute Gasteiger partial charge is 0.453 e. The molecule has 0 radical (unpaired) electrons. The Balaban J connectivity index is 1.91. The number of ether oxygens (including phenoxy) is 1. The minimum Gasteiger partial charge on any atom is -0.453 e. The van der Waals surface area contributed by atoms with Gasteiger partial charge in [-0.3, -0.25) is 0 Å². The average Bonchev–Trinajstić information content (AvgIpc) is 2.96. The molecule has 2 rings (SSSR count). The lowest BCUT2D eigenvalue weighted by atomic mass is 9.89. The van der Waals surface area contributed by atoms with Crippen molar-refractivity contribution in [3.05, 3.63) is 0 Å². The Morgan fingerprint density at radius 3 is 2.73 bits per heavy atom. The van der Waals surface area contributed by atoms with Gasteiger partial charge in [0, 0.05) is 13.1 Å². The molecule has 2 fully saturated rings. The molecular weight excluding hydrogens is 192 g/mol. The third-order valence-corrected chi connectivity index (χ3v) is 3.44. The highest BCUT2D eigenvalue weighted by Crippen LogP contribution is 2.42. The Morgan fingerprint density at radius 1 is 1.47 bits per heavy atom. The van der Waals surface area contributed by atoms with Gasteiger partial charge in [0.05, 0.1) is 19.1 Å². The van der Waals surface area contributed by atoms with Crippen molar-refractivity contribution in [2.75, 3.05) is 20.2 Å². The summed E-state index contributed by atoms with van der Waals surface area (Å²) >= 11 is 0. The lowest BCUT2D eigenvalue weighted by Crippen LogP contribution is -2.29. The summed E-state index contributed by atoms with van der Waals surface area (Å²) < 4.78 is 4.68. The molecule has 1 aliphatic heterocycles. The first-order chi connectivity index (χ1) is 7.26. The third-order valence-electron chi connectivity index (χ3n) is 3.44. The second-order valence-corrected chi connectivity index (χ2v) is 4.46. The second-order valence-electron chi connectivity index (χ2n) is 4.46. The molecule has 0 bridgehead atoms. The van der Waals surface area contributed by atoms with Crippen molar-refractivity contribution in [2.24, 2.45) is 17.8 Å². The highest BCUT2D eigenvalue weighted by Gasteiger charge is 2.40. The van der Waals surface area contributed by atoms with Crippen molar-refractivity contribution >= 4 is 6.09 Å². The van der Waals surface area contributed by atoms with Gasteiger partial charge in [0.1, 0.15) is 0 Å². The summed E-state index contributed by atoms with van der Waals surface area (Å²) in [6.45, 7) is 1.43. The summed E-state index contributed by atoms with van der Waals surface area (Å²) in [5.74, 6) is 1.11. The van der Waals surface area contributed by atoms with Gasteiger partial charge in [-0.15, -0.1) is 0 Å². The van der Waals surface area contributed by atoms with Crippen LogP contribution in [-0.4, -0.2) is 31.2 Å². The zero-order valence-corrected chi connectivity index (χ0v) is 8.98. The number of likely N-dealkylation sites (tertiary alicyclic amines) is 1. The van der Waals surface area contributed by atoms with E-state index >= 15 is 0 Å². The van der Waals surface area contributed by atoms with Gasteiger partial charge in [-0.2, -0.15) is 5.26 Å². The molecule has 4 heteroatoms. The third kappa shape index (κ3) is 2.06. The lowest BCUT2D eigenvalue weighted by molar-refractivity contribution is 0.130. The van der Waals surface area contributed by atoms with Crippen LogP contribution >= 0.6 is 0 Å². The fourth-order valence-electron chi connectivity index (χ4n) is 2.43. The first kappa shape index (κ1) is 10.3. The number of methoxy groups -OCH3 is 1. The van der Waals surface area contributed by atoms with E-state index in [1.54, 1.807) is 4.90 Å². The van der Waals surface area contributed by atoms with Crippen LogP contribution in [-0.2, 0) is 4.74 Å². The molecule has 1 saturated heterocycles. The molecule has 0 aromatic heterocycles. The molecule has 0 spiro atoms. The van der Waals surface area contributed by atoms with E-state index in [1.165, 1.54) is 20.0 Å². The molecule has 1 saturated carbocycles. The van der Waals surface area contributed by atoms with E-state index < -0.39 is 0 Å². The van der Waals surface area contributed by atoms with Gasteiger partial charge in [-0.25, -0.2) is 4.79 Å². The van der Waals surface area contributed by atoms with Crippen LogP contribution in [0.15, 0.2) is 0 Å². The van der Waals surface area contributed by atoms with Crippen LogP contribution in [0.25, 0.3) is 0 Å². The van der Waals surface area contributed by atoms with E-state index in [-0.39, 0.29) is 12.0 Å². The maximum absolute atomic E-state index is 11.3. The van der Waals surface area contributed by atoms with E-state index in [0.29, 0.717) is 18.4 Å². The summed E-state index contributed by atoms with van der Waals surface area (Å²) in [6.07, 6.45) is 3.06. The fourth-order valence-corrected chi connectivity index (χ4v) is 2.43. The SMILES string of the molecule is COC(=O)N1CCC(C(C#N)C2CC2)C1. The summed E-state index contributed by atoms with van der Waals surface area (Å²) in [5, 5.41) is 9.09. The maximum atomic E-state index is 11.3. The Kier molecular flexibility index (Phi) is 2.81. The van der Waals surface area contributed by atoms with E-state index in [1.807, 2.05) is 0 Å². The van der Waals surface area contributed by atoms with Crippen molar-refractivity contribution < 1.29 is 9.53 Å². The Hall–Kier alpha value is -1.24. The number of rotatable bonds is 2. The minimum atomic E-state index is -0.259. The first-order valence-corrected chi connectivity index (χ1v) is 5.48. The molecule has 1 amide bonds. The summed E-state index contributed by atoms with van der Waals surface area (Å²) in [7, 11) is 1.40. The molecule has 4 nitrogen and oxygen atoms in total.